The molecular formula is C21H17N3O2S3. The summed E-state index contributed by atoms with van der Waals surface area (Å²) in [5.41, 5.74) is 3.00. The highest BCUT2D eigenvalue weighted by atomic mass is 32.2. The number of anilines is 1. The minimum atomic E-state index is -0.325. The number of carbonyl (C=O) groups is 2. The molecule has 1 aliphatic heterocycles. The molecule has 29 heavy (non-hydrogen) atoms. The third kappa shape index (κ3) is 4.39. The van der Waals surface area contributed by atoms with Crippen molar-refractivity contribution in [2.45, 2.75) is 13.3 Å². The Kier molecular flexibility index (Phi) is 5.75. The average Bonchev–Trinajstić information content (AvgIpc) is 3.24. The van der Waals surface area contributed by atoms with Gasteiger partial charge in [0.15, 0.2) is 5.13 Å². The lowest BCUT2D eigenvalue weighted by atomic mass is 10.1. The summed E-state index contributed by atoms with van der Waals surface area (Å²) in [4.78, 5) is 31.4. The number of aryl methyl sites for hydroxylation is 1. The molecule has 0 atom stereocenters. The number of para-hydroxylation sites is 1. The molecule has 0 bridgehead atoms. The Morgan fingerprint density at radius 2 is 1.97 bits per heavy atom. The van der Waals surface area contributed by atoms with Crippen LogP contribution in [0, 0.1) is 0 Å². The van der Waals surface area contributed by atoms with Gasteiger partial charge in [-0.05, 0) is 35.8 Å². The van der Waals surface area contributed by atoms with Crippen LogP contribution in [0.25, 0.3) is 16.3 Å². The third-order valence-corrected chi connectivity index (χ3v) is 6.73. The van der Waals surface area contributed by atoms with Crippen LogP contribution in [0.4, 0.5) is 5.13 Å². The fourth-order valence-electron chi connectivity index (χ4n) is 2.87. The quantitative estimate of drug-likeness (QED) is 0.461. The van der Waals surface area contributed by atoms with Crippen LogP contribution in [0.5, 0.6) is 0 Å². The van der Waals surface area contributed by atoms with Gasteiger partial charge in [0.2, 0.25) is 5.91 Å². The molecule has 5 nitrogen and oxygen atoms in total. The van der Waals surface area contributed by atoms with E-state index in [1.807, 2.05) is 54.6 Å². The number of thiazole rings is 1. The summed E-state index contributed by atoms with van der Waals surface area (Å²) in [5.74, 6) is -0.576. The standard InChI is InChI=1S/C21H17N3O2S3/c1-2-13-7-9-14(10-8-13)11-17-19(26)24(21(27)29-17)12-18(25)23-20-22-15-5-3-4-6-16(15)28-20/h3-11H,2,12H2,1H3,(H,22,23,25)/b17-11-. The molecule has 3 aromatic rings. The first kappa shape index (κ1) is 19.8. The highest BCUT2D eigenvalue weighted by molar-refractivity contribution is 8.26. The molecule has 0 radical (unpaired) electrons. The summed E-state index contributed by atoms with van der Waals surface area (Å²) in [6.07, 6.45) is 2.77. The predicted octanol–water partition coefficient (Wildman–Crippen LogP) is 4.70. The third-order valence-electron chi connectivity index (χ3n) is 4.40. The van der Waals surface area contributed by atoms with Crippen molar-refractivity contribution in [1.29, 1.82) is 0 Å². The van der Waals surface area contributed by atoms with Crippen LogP contribution in [-0.4, -0.2) is 32.6 Å². The van der Waals surface area contributed by atoms with Gasteiger partial charge in [0.1, 0.15) is 10.9 Å². The zero-order valence-corrected chi connectivity index (χ0v) is 18.0. The molecule has 2 heterocycles. The fraction of sp³-hybridized carbons (Fsp3) is 0.143. The van der Waals surface area contributed by atoms with Crippen molar-refractivity contribution in [2.24, 2.45) is 0 Å². The van der Waals surface area contributed by atoms with E-state index in [9.17, 15) is 9.59 Å². The van der Waals surface area contributed by atoms with Crippen LogP contribution in [0.3, 0.4) is 0 Å². The maximum Gasteiger partial charge on any atom is 0.266 e. The lowest BCUT2D eigenvalue weighted by Crippen LogP contribution is -2.36. The molecule has 146 valence electrons. The minimum absolute atomic E-state index is 0.132. The first-order chi connectivity index (χ1) is 14.0. The summed E-state index contributed by atoms with van der Waals surface area (Å²) in [7, 11) is 0. The highest BCUT2D eigenvalue weighted by Gasteiger charge is 2.33. The van der Waals surface area contributed by atoms with E-state index < -0.39 is 0 Å². The van der Waals surface area contributed by atoms with E-state index in [0.717, 1.165) is 22.2 Å². The van der Waals surface area contributed by atoms with Crippen molar-refractivity contribution < 1.29 is 9.59 Å². The van der Waals surface area contributed by atoms with Crippen LogP contribution in [-0.2, 0) is 16.0 Å². The van der Waals surface area contributed by atoms with Crippen LogP contribution in [0.15, 0.2) is 53.4 Å². The summed E-state index contributed by atoms with van der Waals surface area (Å²) in [6.45, 7) is 1.96. The summed E-state index contributed by atoms with van der Waals surface area (Å²) >= 11 is 7.93. The molecule has 8 heteroatoms. The van der Waals surface area contributed by atoms with Crippen molar-refractivity contribution in [3.8, 4) is 0 Å². The Labute approximate surface area is 181 Å². The van der Waals surface area contributed by atoms with E-state index in [2.05, 4.69) is 17.2 Å². The number of hydrogen-bond acceptors (Lipinski definition) is 6. The van der Waals surface area contributed by atoms with Gasteiger partial charge in [0, 0.05) is 0 Å². The molecule has 0 saturated carbocycles. The van der Waals surface area contributed by atoms with Gasteiger partial charge in [-0.25, -0.2) is 4.98 Å². The first-order valence-electron chi connectivity index (χ1n) is 9.03. The molecule has 1 N–H and O–H groups in total. The second-order valence-corrected chi connectivity index (χ2v) is 9.10. The van der Waals surface area contributed by atoms with Crippen LogP contribution < -0.4 is 5.32 Å². The Bertz CT molecular complexity index is 1100. The number of rotatable bonds is 5. The van der Waals surface area contributed by atoms with E-state index in [1.165, 1.54) is 33.6 Å². The van der Waals surface area contributed by atoms with Crippen LogP contribution in [0.1, 0.15) is 18.1 Å². The zero-order valence-electron chi connectivity index (χ0n) is 15.5. The van der Waals surface area contributed by atoms with Crippen molar-refractivity contribution in [2.75, 3.05) is 11.9 Å². The molecule has 1 aromatic heterocycles. The van der Waals surface area contributed by atoms with Crippen molar-refractivity contribution in [3.05, 3.63) is 64.6 Å². The topological polar surface area (TPSA) is 62.3 Å². The summed E-state index contributed by atoms with van der Waals surface area (Å²) in [6, 6.07) is 15.7. The monoisotopic (exact) mass is 439 g/mol. The zero-order chi connectivity index (χ0) is 20.4. The Hall–Kier alpha value is -2.55. The number of amides is 2. The minimum Gasteiger partial charge on any atom is -0.300 e. The number of hydrogen-bond donors (Lipinski definition) is 1. The van der Waals surface area contributed by atoms with E-state index in [4.69, 9.17) is 12.2 Å². The van der Waals surface area contributed by atoms with Gasteiger partial charge in [-0.2, -0.15) is 0 Å². The summed E-state index contributed by atoms with van der Waals surface area (Å²) < 4.78 is 1.37. The molecule has 1 aliphatic rings. The first-order valence-corrected chi connectivity index (χ1v) is 11.1. The molecule has 0 unspecified atom stereocenters. The highest BCUT2D eigenvalue weighted by Crippen LogP contribution is 2.32. The van der Waals surface area contributed by atoms with Gasteiger partial charge in [0.05, 0.1) is 15.1 Å². The van der Waals surface area contributed by atoms with Gasteiger partial charge >= 0.3 is 0 Å². The molecular weight excluding hydrogens is 422 g/mol. The second kappa shape index (κ2) is 8.44. The Balaban J connectivity index is 1.44. The number of nitrogens with one attached hydrogen (secondary N) is 1. The SMILES string of the molecule is CCc1ccc(/C=C2\SC(=S)N(CC(=O)Nc3nc4ccccc4s3)C2=O)cc1. The lowest BCUT2D eigenvalue weighted by molar-refractivity contribution is -0.126. The molecule has 2 amide bonds. The molecule has 0 spiro atoms. The molecule has 1 fully saturated rings. The lowest BCUT2D eigenvalue weighted by Gasteiger charge is -2.13. The summed E-state index contributed by atoms with van der Waals surface area (Å²) in [5, 5.41) is 3.27. The normalized spacial score (nSPS) is 15.5. The number of thioether (sulfide) groups is 1. The van der Waals surface area contributed by atoms with Gasteiger partial charge in [0.25, 0.3) is 5.91 Å². The number of fused-ring (bicyclic) bond motifs is 1. The van der Waals surface area contributed by atoms with Crippen LogP contribution >= 0.6 is 35.3 Å². The van der Waals surface area contributed by atoms with E-state index in [1.54, 1.807) is 0 Å². The van der Waals surface area contributed by atoms with E-state index in [0.29, 0.717) is 14.4 Å². The molecule has 2 aromatic carbocycles. The average molecular weight is 440 g/mol. The smallest absolute Gasteiger partial charge is 0.266 e. The van der Waals surface area contributed by atoms with Gasteiger partial charge < -0.3 is 5.32 Å². The molecule has 4 rings (SSSR count). The number of aromatic nitrogens is 1. The van der Waals surface area contributed by atoms with Crippen molar-refractivity contribution in [3.63, 3.8) is 0 Å². The Morgan fingerprint density at radius 3 is 2.69 bits per heavy atom. The maximum absolute atomic E-state index is 12.7. The number of carbonyl (C=O) groups excluding carboxylic acids is 2. The molecule has 1 saturated heterocycles. The Morgan fingerprint density at radius 1 is 1.21 bits per heavy atom. The predicted molar refractivity (Wildman–Crippen MR) is 124 cm³/mol. The van der Waals surface area contributed by atoms with E-state index in [-0.39, 0.29) is 18.4 Å². The largest absolute Gasteiger partial charge is 0.300 e. The van der Waals surface area contributed by atoms with Gasteiger partial charge in [-0.1, -0.05) is 78.6 Å². The number of benzene rings is 2. The van der Waals surface area contributed by atoms with Gasteiger partial charge in [-0.15, -0.1) is 0 Å². The molecule has 0 aliphatic carbocycles. The fourth-order valence-corrected chi connectivity index (χ4v) is 5.00. The van der Waals surface area contributed by atoms with Crippen LogP contribution in [0.2, 0.25) is 0 Å². The maximum atomic E-state index is 12.7. The second-order valence-electron chi connectivity index (χ2n) is 6.40. The number of nitrogens with zero attached hydrogens (tertiary/aromatic N) is 2. The van der Waals surface area contributed by atoms with Crippen molar-refractivity contribution >= 4 is 72.9 Å². The number of thiocarbonyl (C=S) groups is 1. The van der Waals surface area contributed by atoms with Gasteiger partial charge in [-0.3, -0.25) is 14.5 Å². The van der Waals surface area contributed by atoms with Crippen molar-refractivity contribution in [1.82, 2.24) is 9.88 Å². The van der Waals surface area contributed by atoms with E-state index >= 15 is 0 Å².